The van der Waals surface area contributed by atoms with E-state index in [9.17, 15) is 9.59 Å². The van der Waals surface area contributed by atoms with Crippen LogP contribution in [0.25, 0.3) is 0 Å². The number of hydrogen-bond acceptors (Lipinski definition) is 3. The number of nitrogen functional groups attached to an aromatic ring is 1. The molecule has 1 aliphatic rings. The lowest BCUT2D eigenvalue weighted by Crippen LogP contribution is -2.32. The Labute approximate surface area is 111 Å². The molecule has 0 saturated carbocycles. The van der Waals surface area contributed by atoms with Crippen molar-refractivity contribution in [2.24, 2.45) is 5.41 Å². The van der Waals surface area contributed by atoms with Crippen LogP contribution in [0.15, 0.2) is 18.2 Å². The Bertz CT molecular complexity index is 526. The van der Waals surface area contributed by atoms with Gasteiger partial charge in [-0.1, -0.05) is 31.5 Å². The van der Waals surface area contributed by atoms with Crippen LogP contribution in [0.5, 0.6) is 0 Å². The third-order valence-corrected chi connectivity index (χ3v) is 3.39. The minimum atomic E-state index is -0.613. The van der Waals surface area contributed by atoms with Gasteiger partial charge in [0.25, 0.3) is 0 Å². The van der Waals surface area contributed by atoms with E-state index in [2.05, 4.69) is 0 Å². The topological polar surface area (TPSA) is 63.4 Å². The van der Waals surface area contributed by atoms with Crippen LogP contribution < -0.4 is 5.73 Å². The highest BCUT2D eigenvalue weighted by Gasteiger charge is 2.44. The van der Waals surface area contributed by atoms with Gasteiger partial charge < -0.3 is 5.73 Å². The van der Waals surface area contributed by atoms with Crippen molar-refractivity contribution >= 4 is 29.1 Å². The zero-order chi connectivity index (χ0) is 13.5. The molecule has 4 nitrogen and oxygen atoms in total. The molecule has 2 rings (SSSR count). The maximum Gasteiger partial charge on any atom is 0.235 e. The molecule has 0 aliphatic carbocycles. The number of halogens is 1. The summed E-state index contributed by atoms with van der Waals surface area (Å²) in [5, 5.41) is 0.538. The Morgan fingerprint density at radius 3 is 2.56 bits per heavy atom. The van der Waals surface area contributed by atoms with Crippen LogP contribution in [-0.2, 0) is 16.1 Å². The molecule has 1 saturated heterocycles. The number of nitrogens with two attached hydrogens (primary N) is 1. The Hall–Kier alpha value is -1.55. The van der Waals surface area contributed by atoms with Gasteiger partial charge in [0.05, 0.1) is 12.0 Å². The molecule has 0 atom stereocenters. The maximum absolute atomic E-state index is 12.1. The number of carbonyl (C=O) groups is 2. The summed E-state index contributed by atoms with van der Waals surface area (Å²) in [5.74, 6) is -0.304. The van der Waals surface area contributed by atoms with Crippen LogP contribution in [0, 0.1) is 5.41 Å². The van der Waals surface area contributed by atoms with E-state index >= 15 is 0 Å². The van der Waals surface area contributed by atoms with Crippen LogP contribution in [0.2, 0.25) is 5.02 Å². The molecule has 0 bridgehead atoms. The van der Waals surface area contributed by atoms with Crippen LogP contribution in [0.4, 0.5) is 5.69 Å². The van der Waals surface area contributed by atoms with Crippen molar-refractivity contribution in [3.8, 4) is 0 Å². The first-order valence-electron chi connectivity index (χ1n) is 5.70. The first-order valence-corrected chi connectivity index (χ1v) is 6.08. The summed E-state index contributed by atoms with van der Waals surface area (Å²) in [6, 6.07) is 5.06. The Balaban J connectivity index is 2.24. The molecule has 0 radical (unpaired) electrons. The van der Waals surface area contributed by atoms with E-state index in [-0.39, 0.29) is 24.8 Å². The fourth-order valence-corrected chi connectivity index (χ4v) is 2.25. The summed E-state index contributed by atoms with van der Waals surface area (Å²) in [5.41, 5.74) is 6.44. The van der Waals surface area contributed by atoms with Gasteiger partial charge in [0.2, 0.25) is 11.8 Å². The second-order valence-electron chi connectivity index (χ2n) is 5.19. The van der Waals surface area contributed by atoms with Crippen molar-refractivity contribution in [2.75, 3.05) is 5.73 Å². The highest BCUT2D eigenvalue weighted by atomic mass is 35.5. The van der Waals surface area contributed by atoms with E-state index in [1.165, 1.54) is 4.90 Å². The minimum absolute atomic E-state index is 0.151. The van der Waals surface area contributed by atoms with Gasteiger partial charge in [0, 0.05) is 17.1 Å². The van der Waals surface area contributed by atoms with Crippen LogP contribution in [0.1, 0.15) is 25.8 Å². The van der Waals surface area contributed by atoms with Gasteiger partial charge in [0.1, 0.15) is 0 Å². The van der Waals surface area contributed by atoms with Gasteiger partial charge in [-0.3, -0.25) is 14.5 Å². The highest BCUT2D eigenvalue weighted by molar-refractivity contribution is 6.30. The average molecular weight is 267 g/mol. The largest absolute Gasteiger partial charge is 0.398 e. The van der Waals surface area contributed by atoms with E-state index < -0.39 is 5.41 Å². The predicted octanol–water partition coefficient (Wildman–Crippen LogP) is 2.21. The SMILES string of the molecule is CC1(C)CC(=O)N(Cc2ccc(Cl)cc2N)C1=O. The molecule has 1 aromatic carbocycles. The van der Waals surface area contributed by atoms with Crippen LogP contribution >= 0.6 is 11.6 Å². The first-order chi connectivity index (χ1) is 8.31. The van der Waals surface area contributed by atoms with Crippen molar-refractivity contribution in [2.45, 2.75) is 26.8 Å². The molecule has 1 aliphatic heterocycles. The Kier molecular flexibility index (Phi) is 3.07. The molecular weight excluding hydrogens is 252 g/mol. The Morgan fingerprint density at radius 1 is 1.39 bits per heavy atom. The van der Waals surface area contributed by atoms with Crippen molar-refractivity contribution in [3.63, 3.8) is 0 Å². The van der Waals surface area contributed by atoms with Gasteiger partial charge in [-0.05, 0) is 17.7 Å². The molecular formula is C13H15ClN2O2. The third-order valence-electron chi connectivity index (χ3n) is 3.15. The maximum atomic E-state index is 12.1. The fraction of sp³-hybridized carbons (Fsp3) is 0.385. The number of nitrogens with zero attached hydrogens (tertiary/aromatic N) is 1. The standard InChI is InChI=1S/C13H15ClN2O2/c1-13(2)6-11(17)16(12(13)18)7-8-3-4-9(14)5-10(8)15/h3-5H,6-7,15H2,1-2H3. The molecule has 2 amide bonds. The second-order valence-corrected chi connectivity index (χ2v) is 5.63. The summed E-state index contributed by atoms with van der Waals surface area (Å²) in [6.45, 7) is 3.76. The Morgan fingerprint density at radius 2 is 2.06 bits per heavy atom. The fourth-order valence-electron chi connectivity index (χ4n) is 2.07. The summed E-state index contributed by atoms with van der Waals surface area (Å²) >= 11 is 5.81. The molecule has 0 aromatic heterocycles. The number of amides is 2. The number of imide groups is 1. The van der Waals surface area contributed by atoms with E-state index in [1.807, 2.05) is 0 Å². The number of benzene rings is 1. The van der Waals surface area contributed by atoms with E-state index in [1.54, 1.807) is 32.0 Å². The first kappa shape index (κ1) is 12.9. The van der Waals surface area contributed by atoms with Crippen LogP contribution in [-0.4, -0.2) is 16.7 Å². The smallest absolute Gasteiger partial charge is 0.235 e. The molecule has 96 valence electrons. The van der Waals surface area contributed by atoms with E-state index in [0.717, 1.165) is 5.56 Å². The van der Waals surface area contributed by atoms with Gasteiger partial charge in [0.15, 0.2) is 0 Å². The molecule has 0 unspecified atom stereocenters. The summed E-state index contributed by atoms with van der Waals surface area (Å²) in [6.07, 6.45) is 0.249. The van der Waals surface area contributed by atoms with E-state index in [0.29, 0.717) is 10.7 Å². The van der Waals surface area contributed by atoms with Gasteiger partial charge in [-0.25, -0.2) is 0 Å². The van der Waals surface area contributed by atoms with Gasteiger partial charge in [-0.2, -0.15) is 0 Å². The lowest BCUT2D eigenvalue weighted by molar-refractivity contribution is -0.141. The number of anilines is 1. The molecule has 1 aromatic rings. The number of likely N-dealkylation sites (tertiary alicyclic amines) is 1. The van der Waals surface area contributed by atoms with Crippen molar-refractivity contribution < 1.29 is 9.59 Å². The molecule has 5 heteroatoms. The van der Waals surface area contributed by atoms with Gasteiger partial charge >= 0.3 is 0 Å². The summed E-state index contributed by atoms with van der Waals surface area (Å²) in [7, 11) is 0. The molecule has 0 spiro atoms. The lowest BCUT2D eigenvalue weighted by atomic mass is 9.92. The number of carbonyl (C=O) groups excluding carboxylic acids is 2. The van der Waals surface area contributed by atoms with Crippen molar-refractivity contribution in [3.05, 3.63) is 28.8 Å². The lowest BCUT2D eigenvalue weighted by Gasteiger charge is -2.18. The van der Waals surface area contributed by atoms with Crippen molar-refractivity contribution in [1.29, 1.82) is 0 Å². The quantitative estimate of drug-likeness (QED) is 0.659. The molecule has 18 heavy (non-hydrogen) atoms. The summed E-state index contributed by atoms with van der Waals surface area (Å²) < 4.78 is 0. The summed E-state index contributed by atoms with van der Waals surface area (Å²) in [4.78, 5) is 25.1. The monoisotopic (exact) mass is 266 g/mol. The molecule has 1 heterocycles. The predicted molar refractivity (Wildman–Crippen MR) is 69.8 cm³/mol. The zero-order valence-electron chi connectivity index (χ0n) is 10.4. The molecule has 2 N–H and O–H groups in total. The third kappa shape index (κ3) is 2.20. The minimum Gasteiger partial charge on any atom is -0.398 e. The van der Waals surface area contributed by atoms with Crippen LogP contribution in [0.3, 0.4) is 0 Å². The van der Waals surface area contributed by atoms with Crippen molar-refractivity contribution in [1.82, 2.24) is 4.90 Å². The number of rotatable bonds is 2. The second kappa shape index (κ2) is 4.28. The van der Waals surface area contributed by atoms with Gasteiger partial charge in [-0.15, -0.1) is 0 Å². The number of hydrogen-bond donors (Lipinski definition) is 1. The highest BCUT2D eigenvalue weighted by Crippen LogP contribution is 2.33. The van der Waals surface area contributed by atoms with E-state index in [4.69, 9.17) is 17.3 Å². The zero-order valence-corrected chi connectivity index (χ0v) is 11.1. The average Bonchev–Trinajstić information content (AvgIpc) is 2.44. The molecule has 1 fully saturated rings. The normalized spacial score (nSPS) is 18.5.